The second-order valence-electron chi connectivity index (χ2n) is 9.03. The molecule has 0 aliphatic carbocycles. The molecule has 7 aromatic rings. The summed E-state index contributed by atoms with van der Waals surface area (Å²) in [6, 6.07) is 49.0. The highest BCUT2D eigenvalue weighted by molar-refractivity contribution is 6.19. The van der Waals surface area contributed by atoms with Crippen LogP contribution in [0.4, 0.5) is 17.1 Å². The molecular formula is C34H23NO. The van der Waals surface area contributed by atoms with Crippen LogP contribution in [-0.4, -0.2) is 0 Å². The van der Waals surface area contributed by atoms with Crippen molar-refractivity contribution in [3.63, 3.8) is 0 Å². The largest absolute Gasteiger partial charge is 0.456 e. The Morgan fingerprint density at radius 1 is 0.417 bits per heavy atom. The molecule has 0 saturated heterocycles. The molecule has 0 amide bonds. The summed E-state index contributed by atoms with van der Waals surface area (Å²) in [5.74, 6) is 0. The molecule has 2 heteroatoms. The van der Waals surface area contributed by atoms with Crippen molar-refractivity contribution < 1.29 is 4.42 Å². The lowest BCUT2D eigenvalue weighted by Gasteiger charge is -2.25. The fraction of sp³-hybridized carbons (Fsp3) is 0. The number of para-hydroxylation sites is 3. The summed E-state index contributed by atoms with van der Waals surface area (Å²) in [5, 5.41) is 4.78. The molecule has 0 bridgehead atoms. The molecule has 0 unspecified atom stereocenters. The smallest absolute Gasteiger partial charge is 0.136 e. The van der Waals surface area contributed by atoms with E-state index in [9.17, 15) is 0 Å². The molecule has 1 aromatic heterocycles. The summed E-state index contributed by atoms with van der Waals surface area (Å²) in [7, 11) is 0. The second kappa shape index (κ2) is 8.44. The Morgan fingerprint density at radius 2 is 1.03 bits per heavy atom. The minimum absolute atomic E-state index is 0.932. The van der Waals surface area contributed by atoms with E-state index in [-0.39, 0.29) is 0 Å². The lowest BCUT2D eigenvalue weighted by Crippen LogP contribution is -2.09. The normalized spacial score (nSPS) is 11.3. The van der Waals surface area contributed by atoms with Gasteiger partial charge in [-0.3, -0.25) is 0 Å². The maximum Gasteiger partial charge on any atom is 0.136 e. The van der Waals surface area contributed by atoms with Crippen molar-refractivity contribution in [2.75, 3.05) is 4.90 Å². The Kier molecular flexibility index (Phi) is 4.82. The summed E-state index contributed by atoms with van der Waals surface area (Å²) < 4.78 is 6.08. The Morgan fingerprint density at radius 3 is 1.75 bits per heavy atom. The van der Waals surface area contributed by atoms with Crippen LogP contribution in [0.5, 0.6) is 0 Å². The van der Waals surface area contributed by atoms with Gasteiger partial charge in [-0.05, 0) is 76.5 Å². The van der Waals surface area contributed by atoms with Gasteiger partial charge in [-0.25, -0.2) is 0 Å². The lowest BCUT2D eigenvalue weighted by atomic mass is 9.98. The van der Waals surface area contributed by atoms with E-state index in [1.54, 1.807) is 0 Å². The first kappa shape index (κ1) is 20.5. The first-order valence-electron chi connectivity index (χ1n) is 12.2. The van der Waals surface area contributed by atoms with E-state index in [1.165, 1.54) is 27.3 Å². The third kappa shape index (κ3) is 3.43. The lowest BCUT2D eigenvalue weighted by molar-refractivity contribution is 0.669. The summed E-state index contributed by atoms with van der Waals surface area (Å²) >= 11 is 0. The summed E-state index contributed by atoms with van der Waals surface area (Å²) in [4.78, 5) is 2.28. The van der Waals surface area contributed by atoms with Crippen LogP contribution in [0.25, 0.3) is 43.8 Å². The van der Waals surface area contributed by atoms with Gasteiger partial charge < -0.3 is 9.32 Å². The Labute approximate surface area is 209 Å². The maximum absolute atomic E-state index is 6.08. The standard InChI is InChI=1S/C34H23NO/c1-3-9-27(10-4-1)35(28-11-5-2-6-12-28)29-19-15-24(16-20-29)25-17-21-30-26(23-25)18-22-33-34(30)31-13-7-8-14-32(31)36-33/h1-23H. The van der Waals surface area contributed by atoms with Crippen LogP contribution in [0.15, 0.2) is 144 Å². The molecular weight excluding hydrogens is 438 g/mol. The minimum atomic E-state index is 0.932. The molecule has 0 atom stereocenters. The fourth-order valence-electron chi connectivity index (χ4n) is 5.14. The number of anilines is 3. The van der Waals surface area contributed by atoms with E-state index in [1.807, 2.05) is 12.1 Å². The van der Waals surface area contributed by atoms with Crippen molar-refractivity contribution in [1.82, 2.24) is 0 Å². The van der Waals surface area contributed by atoms with Gasteiger partial charge in [-0.15, -0.1) is 0 Å². The summed E-state index contributed by atoms with van der Waals surface area (Å²) in [5.41, 5.74) is 7.66. The quantitative estimate of drug-likeness (QED) is 0.259. The predicted molar refractivity (Wildman–Crippen MR) is 151 cm³/mol. The van der Waals surface area contributed by atoms with Crippen molar-refractivity contribution in [1.29, 1.82) is 0 Å². The van der Waals surface area contributed by atoms with E-state index >= 15 is 0 Å². The molecule has 2 nitrogen and oxygen atoms in total. The van der Waals surface area contributed by atoms with Crippen LogP contribution in [0, 0.1) is 0 Å². The molecule has 0 radical (unpaired) electrons. The summed E-state index contributed by atoms with van der Waals surface area (Å²) in [6.07, 6.45) is 0. The fourth-order valence-corrected chi connectivity index (χ4v) is 5.14. The van der Waals surface area contributed by atoms with Crippen LogP contribution in [0.1, 0.15) is 0 Å². The van der Waals surface area contributed by atoms with Crippen molar-refractivity contribution >= 4 is 49.8 Å². The topological polar surface area (TPSA) is 16.4 Å². The van der Waals surface area contributed by atoms with Crippen molar-refractivity contribution in [2.45, 2.75) is 0 Å². The van der Waals surface area contributed by atoms with Crippen LogP contribution in [-0.2, 0) is 0 Å². The number of hydrogen-bond acceptors (Lipinski definition) is 2. The minimum Gasteiger partial charge on any atom is -0.456 e. The van der Waals surface area contributed by atoms with E-state index < -0.39 is 0 Å². The van der Waals surface area contributed by atoms with Gasteiger partial charge in [-0.1, -0.05) is 84.9 Å². The van der Waals surface area contributed by atoms with Crippen LogP contribution in [0.3, 0.4) is 0 Å². The highest BCUT2D eigenvalue weighted by Gasteiger charge is 2.13. The van der Waals surface area contributed by atoms with E-state index in [0.717, 1.165) is 33.6 Å². The first-order valence-corrected chi connectivity index (χ1v) is 12.2. The van der Waals surface area contributed by atoms with Gasteiger partial charge in [0.05, 0.1) is 0 Å². The molecule has 1 heterocycles. The monoisotopic (exact) mass is 461 g/mol. The molecule has 6 aromatic carbocycles. The molecule has 170 valence electrons. The highest BCUT2D eigenvalue weighted by Crippen LogP contribution is 2.38. The number of nitrogens with zero attached hydrogens (tertiary/aromatic N) is 1. The van der Waals surface area contributed by atoms with Crippen molar-refractivity contribution in [3.8, 4) is 11.1 Å². The van der Waals surface area contributed by atoms with Crippen LogP contribution >= 0.6 is 0 Å². The van der Waals surface area contributed by atoms with Gasteiger partial charge in [0.2, 0.25) is 0 Å². The Balaban J connectivity index is 1.30. The van der Waals surface area contributed by atoms with Crippen molar-refractivity contribution in [2.24, 2.45) is 0 Å². The number of furan rings is 1. The number of benzene rings is 6. The zero-order valence-corrected chi connectivity index (χ0v) is 19.6. The SMILES string of the molecule is c1ccc(N(c2ccccc2)c2ccc(-c3ccc4c(ccc5oc6ccccc6c54)c3)cc2)cc1. The molecule has 36 heavy (non-hydrogen) atoms. The molecule has 0 fully saturated rings. The van der Waals surface area contributed by atoms with Gasteiger partial charge in [-0.2, -0.15) is 0 Å². The number of rotatable bonds is 4. The van der Waals surface area contributed by atoms with E-state index in [4.69, 9.17) is 4.42 Å². The summed E-state index contributed by atoms with van der Waals surface area (Å²) in [6.45, 7) is 0. The van der Waals surface area contributed by atoms with Gasteiger partial charge in [0.1, 0.15) is 11.2 Å². The predicted octanol–water partition coefficient (Wildman–Crippen LogP) is 9.88. The zero-order valence-electron chi connectivity index (χ0n) is 19.6. The zero-order chi connectivity index (χ0) is 23.9. The molecule has 0 aliphatic rings. The van der Waals surface area contributed by atoms with Crippen LogP contribution in [0.2, 0.25) is 0 Å². The second-order valence-corrected chi connectivity index (χ2v) is 9.03. The van der Waals surface area contributed by atoms with Gasteiger partial charge in [0.15, 0.2) is 0 Å². The average molecular weight is 462 g/mol. The third-order valence-corrected chi connectivity index (χ3v) is 6.85. The highest BCUT2D eigenvalue weighted by atomic mass is 16.3. The first-order chi connectivity index (χ1) is 17.8. The molecule has 0 N–H and O–H groups in total. The number of fused-ring (bicyclic) bond motifs is 5. The van der Waals surface area contributed by atoms with Gasteiger partial charge >= 0.3 is 0 Å². The molecule has 0 aliphatic heterocycles. The Hall–Kier alpha value is -4.82. The Bertz CT molecular complexity index is 1780. The maximum atomic E-state index is 6.08. The molecule has 7 rings (SSSR count). The van der Waals surface area contributed by atoms with E-state index in [2.05, 4.69) is 132 Å². The average Bonchev–Trinajstić information content (AvgIpc) is 3.34. The number of hydrogen-bond donors (Lipinski definition) is 0. The van der Waals surface area contributed by atoms with Crippen molar-refractivity contribution in [3.05, 3.63) is 140 Å². The molecule has 0 saturated carbocycles. The molecule has 0 spiro atoms. The van der Waals surface area contributed by atoms with Gasteiger partial charge in [0.25, 0.3) is 0 Å². The van der Waals surface area contributed by atoms with E-state index in [0.29, 0.717) is 0 Å². The van der Waals surface area contributed by atoms with Gasteiger partial charge in [0, 0.05) is 27.8 Å². The third-order valence-electron chi connectivity index (χ3n) is 6.85. The van der Waals surface area contributed by atoms with Crippen LogP contribution < -0.4 is 4.90 Å².